The molecule has 0 radical (unpaired) electrons. The SMILES string of the molecule is CC(O)NCCCCC1NC2C3CCCCCCCCCC3C2C1=O. The number of Topliss-reactive ketones (excluding diaryl/α,β-unsaturated/α-hetero) is 1. The van der Waals surface area contributed by atoms with E-state index in [2.05, 4.69) is 10.6 Å². The average Bonchev–Trinajstić information content (AvgIpc) is 2.82. The van der Waals surface area contributed by atoms with E-state index < -0.39 is 6.23 Å². The molecule has 3 fully saturated rings. The second kappa shape index (κ2) is 9.48. The second-order valence-corrected chi connectivity index (χ2v) is 8.68. The van der Waals surface area contributed by atoms with Gasteiger partial charge in [0.1, 0.15) is 6.23 Å². The van der Waals surface area contributed by atoms with Crippen molar-refractivity contribution in [1.29, 1.82) is 0 Å². The van der Waals surface area contributed by atoms with Crippen molar-refractivity contribution in [2.45, 2.75) is 102 Å². The number of rotatable bonds is 6. The van der Waals surface area contributed by atoms with Crippen LogP contribution < -0.4 is 10.6 Å². The standard InChI is InChI=1S/C21H38N2O2/c1-15(24)22-14-10-9-13-18-21(25)19-16-11-7-5-3-2-4-6-8-12-17(16)20(19)23-18/h15-20,22-24H,2-14H2,1H3. The Kier molecular flexibility index (Phi) is 7.32. The summed E-state index contributed by atoms with van der Waals surface area (Å²) < 4.78 is 0. The van der Waals surface area contributed by atoms with Crippen molar-refractivity contribution in [2.75, 3.05) is 6.54 Å². The van der Waals surface area contributed by atoms with Crippen molar-refractivity contribution in [3.63, 3.8) is 0 Å². The number of nitrogens with one attached hydrogen (secondary N) is 2. The lowest BCUT2D eigenvalue weighted by atomic mass is 9.57. The fourth-order valence-electron chi connectivity index (χ4n) is 5.52. The summed E-state index contributed by atoms with van der Waals surface area (Å²) in [5.41, 5.74) is 0. The van der Waals surface area contributed by atoms with Gasteiger partial charge in [0.25, 0.3) is 0 Å². The van der Waals surface area contributed by atoms with Gasteiger partial charge in [0.15, 0.2) is 5.78 Å². The predicted octanol–water partition coefficient (Wildman–Crippen LogP) is 3.38. The summed E-state index contributed by atoms with van der Waals surface area (Å²) >= 11 is 0. The Morgan fingerprint density at radius 2 is 1.68 bits per heavy atom. The van der Waals surface area contributed by atoms with E-state index in [1.807, 2.05) is 0 Å². The smallest absolute Gasteiger partial charge is 0.154 e. The Balaban J connectivity index is 1.47. The monoisotopic (exact) mass is 350 g/mol. The highest BCUT2D eigenvalue weighted by molar-refractivity contribution is 5.90. The Morgan fingerprint density at radius 1 is 1.04 bits per heavy atom. The largest absolute Gasteiger partial charge is 0.379 e. The van der Waals surface area contributed by atoms with Crippen LogP contribution >= 0.6 is 0 Å². The highest BCUT2D eigenvalue weighted by Crippen LogP contribution is 2.50. The Morgan fingerprint density at radius 3 is 2.36 bits per heavy atom. The van der Waals surface area contributed by atoms with E-state index in [1.54, 1.807) is 6.92 Å². The molecule has 2 aliphatic carbocycles. The molecule has 4 nitrogen and oxygen atoms in total. The number of hydrogen-bond donors (Lipinski definition) is 3. The Bertz CT molecular complexity index is 426. The van der Waals surface area contributed by atoms with E-state index in [0.29, 0.717) is 23.7 Å². The van der Waals surface area contributed by atoms with Gasteiger partial charge in [-0.2, -0.15) is 0 Å². The van der Waals surface area contributed by atoms with E-state index in [-0.39, 0.29) is 6.04 Å². The van der Waals surface area contributed by atoms with Gasteiger partial charge in [-0.25, -0.2) is 0 Å². The first-order valence-corrected chi connectivity index (χ1v) is 10.9. The lowest BCUT2D eigenvalue weighted by Gasteiger charge is -2.48. The van der Waals surface area contributed by atoms with Crippen LogP contribution in [0.2, 0.25) is 0 Å². The van der Waals surface area contributed by atoms with Crippen molar-refractivity contribution in [2.24, 2.45) is 17.8 Å². The zero-order valence-corrected chi connectivity index (χ0v) is 16.0. The summed E-state index contributed by atoms with van der Waals surface area (Å²) in [6.07, 6.45) is 14.9. The second-order valence-electron chi connectivity index (χ2n) is 8.68. The van der Waals surface area contributed by atoms with Crippen LogP contribution in [0.15, 0.2) is 0 Å². The van der Waals surface area contributed by atoms with Crippen molar-refractivity contribution in [3.05, 3.63) is 0 Å². The van der Waals surface area contributed by atoms with Gasteiger partial charge in [0.2, 0.25) is 0 Å². The fraction of sp³-hybridized carbons (Fsp3) is 0.952. The molecule has 0 spiro atoms. The fourth-order valence-corrected chi connectivity index (χ4v) is 5.52. The van der Waals surface area contributed by atoms with Crippen LogP contribution in [0.4, 0.5) is 0 Å². The van der Waals surface area contributed by atoms with E-state index >= 15 is 0 Å². The molecule has 0 amide bonds. The molecule has 2 saturated carbocycles. The molecule has 1 aliphatic heterocycles. The Labute approximate surface area is 153 Å². The minimum atomic E-state index is -0.435. The van der Waals surface area contributed by atoms with Crippen LogP contribution in [0.1, 0.15) is 84.0 Å². The van der Waals surface area contributed by atoms with Gasteiger partial charge in [-0.3, -0.25) is 10.1 Å². The molecule has 3 aliphatic rings. The highest BCUT2D eigenvalue weighted by atomic mass is 16.3. The molecule has 1 heterocycles. The number of carbonyl (C=O) groups excluding carboxylic acids is 1. The summed E-state index contributed by atoms with van der Waals surface area (Å²) in [6.45, 7) is 2.58. The van der Waals surface area contributed by atoms with Gasteiger partial charge in [-0.05, 0) is 51.0 Å². The number of fused-ring (bicyclic) bond motifs is 4. The molecule has 25 heavy (non-hydrogen) atoms. The van der Waals surface area contributed by atoms with Gasteiger partial charge in [0, 0.05) is 12.0 Å². The molecule has 0 aromatic carbocycles. The van der Waals surface area contributed by atoms with Crippen LogP contribution in [0.3, 0.4) is 0 Å². The summed E-state index contributed by atoms with van der Waals surface area (Å²) in [5, 5.41) is 16.0. The normalized spacial score (nSPS) is 37.5. The molecule has 1 saturated heterocycles. The molecule has 144 valence electrons. The van der Waals surface area contributed by atoms with Gasteiger partial charge in [0.05, 0.1) is 6.04 Å². The lowest BCUT2D eigenvalue weighted by Crippen LogP contribution is -2.54. The summed E-state index contributed by atoms with van der Waals surface area (Å²) in [4.78, 5) is 12.9. The summed E-state index contributed by atoms with van der Waals surface area (Å²) in [7, 11) is 0. The van der Waals surface area contributed by atoms with Crippen LogP contribution in [-0.4, -0.2) is 35.7 Å². The van der Waals surface area contributed by atoms with Crippen molar-refractivity contribution < 1.29 is 9.90 Å². The maximum Gasteiger partial charge on any atom is 0.154 e. The van der Waals surface area contributed by atoms with Crippen molar-refractivity contribution in [3.8, 4) is 0 Å². The quantitative estimate of drug-likeness (QED) is 0.508. The number of ketones is 1. The van der Waals surface area contributed by atoms with Crippen molar-refractivity contribution >= 4 is 5.78 Å². The maximum atomic E-state index is 12.9. The first kappa shape index (κ1) is 19.3. The number of aliphatic hydroxyl groups is 1. The minimum absolute atomic E-state index is 0.0990. The van der Waals surface area contributed by atoms with Gasteiger partial charge < -0.3 is 10.4 Å². The number of hydrogen-bond acceptors (Lipinski definition) is 4. The number of unbranched alkanes of at least 4 members (excludes halogenated alkanes) is 1. The maximum absolute atomic E-state index is 12.9. The zero-order valence-electron chi connectivity index (χ0n) is 16.0. The molecule has 3 rings (SSSR count). The van der Waals surface area contributed by atoms with E-state index in [4.69, 9.17) is 0 Å². The lowest BCUT2D eigenvalue weighted by molar-refractivity contribution is -0.128. The third-order valence-corrected chi connectivity index (χ3v) is 6.86. The molecule has 4 heteroatoms. The first-order valence-electron chi connectivity index (χ1n) is 10.9. The van der Waals surface area contributed by atoms with Crippen molar-refractivity contribution in [1.82, 2.24) is 10.6 Å². The molecule has 3 N–H and O–H groups in total. The highest BCUT2D eigenvalue weighted by Gasteiger charge is 2.58. The van der Waals surface area contributed by atoms with Gasteiger partial charge in [-0.15, -0.1) is 0 Å². The topological polar surface area (TPSA) is 61.4 Å². The van der Waals surface area contributed by atoms with Crippen LogP contribution in [-0.2, 0) is 4.79 Å². The third-order valence-electron chi connectivity index (χ3n) is 6.86. The number of aliphatic hydroxyl groups excluding tert-OH is 1. The van der Waals surface area contributed by atoms with E-state index in [9.17, 15) is 9.90 Å². The molecular formula is C21H38N2O2. The van der Waals surface area contributed by atoms with Crippen LogP contribution in [0.5, 0.6) is 0 Å². The van der Waals surface area contributed by atoms with E-state index in [1.165, 1.54) is 57.8 Å². The average molecular weight is 351 g/mol. The van der Waals surface area contributed by atoms with Crippen LogP contribution in [0.25, 0.3) is 0 Å². The summed E-state index contributed by atoms with van der Waals surface area (Å²) in [6, 6.07) is 0.584. The van der Waals surface area contributed by atoms with Gasteiger partial charge >= 0.3 is 0 Å². The Hall–Kier alpha value is -0.450. The molecule has 0 aromatic heterocycles. The summed E-state index contributed by atoms with van der Waals surface area (Å²) in [5.74, 6) is 2.27. The first-order chi connectivity index (χ1) is 12.2. The molecule has 0 bridgehead atoms. The third kappa shape index (κ3) is 4.84. The molecule has 0 aromatic rings. The van der Waals surface area contributed by atoms with Crippen LogP contribution in [0, 0.1) is 17.8 Å². The van der Waals surface area contributed by atoms with E-state index in [0.717, 1.165) is 31.7 Å². The molecular weight excluding hydrogens is 312 g/mol. The molecule has 6 unspecified atom stereocenters. The zero-order chi connectivity index (χ0) is 17.6. The van der Waals surface area contributed by atoms with Gasteiger partial charge in [-0.1, -0.05) is 51.4 Å². The molecule has 6 atom stereocenters. The minimum Gasteiger partial charge on any atom is -0.379 e. The number of carbonyl (C=O) groups is 1. The predicted molar refractivity (Wildman–Crippen MR) is 101 cm³/mol.